The number of rotatable bonds is 6. The SMILES string of the molecule is CC(C)CN(Cc1nc2sc(-c3ccccc3)cc2c(=O)[nH]1)C1CC1. The maximum Gasteiger partial charge on any atom is 0.259 e. The Morgan fingerprint density at radius 3 is 2.72 bits per heavy atom. The molecule has 25 heavy (non-hydrogen) atoms. The quantitative estimate of drug-likeness (QED) is 0.720. The molecule has 1 fully saturated rings. The number of benzene rings is 1. The van der Waals surface area contributed by atoms with Crippen LogP contribution in [-0.4, -0.2) is 27.5 Å². The van der Waals surface area contributed by atoms with Crippen LogP contribution < -0.4 is 5.56 Å². The second kappa shape index (κ2) is 6.73. The summed E-state index contributed by atoms with van der Waals surface area (Å²) in [4.78, 5) is 24.7. The molecule has 4 rings (SSSR count). The summed E-state index contributed by atoms with van der Waals surface area (Å²) in [6.07, 6.45) is 2.52. The van der Waals surface area contributed by atoms with Gasteiger partial charge in [0.15, 0.2) is 0 Å². The van der Waals surface area contributed by atoms with Gasteiger partial charge < -0.3 is 4.98 Å². The molecule has 2 aromatic heterocycles. The van der Waals surface area contributed by atoms with E-state index in [-0.39, 0.29) is 5.56 Å². The van der Waals surface area contributed by atoms with Crippen LogP contribution in [0.25, 0.3) is 20.7 Å². The highest BCUT2D eigenvalue weighted by molar-refractivity contribution is 7.21. The fourth-order valence-corrected chi connectivity index (χ4v) is 4.30. The molecule has 1 aliphatic rings. The first-order valence-corrected chi connectivity index (χ1v) is 9.74. The first-order chi connectivity index (χ1) is 12.1. The summed E-state index contributed by atoms with van der Waals surface area (Å²) in [7, 11) is 0. The fourth-order valence-electron chi connectivity index (χ4n) is 3.24. The Morgan fingerprint density at radius 2 is 2.04 bits per heavy atom. The zero-order valence-corrected chi connectivity index (χ0v) is 15.5. The van der Waals surface area contributed by atoms with Gasteiger partial charge in [0.2, 0.25) is 0 Å². The zero-order valence-electron chi connectivity index (χ0n) is 14.7. The largest absolute Gasteiger partial charge is 0.309 e. The van der Waals surface area contributed by atoms with Crippen LogP contribution in [0.3, 0.4) is 0 Å². The van der Waals surface area contributed by atoms with Crippen LogP contribution in [0.5, 0.6) is 0 Å². The van der Waals surface area contributed by atoms with Gasteiger partial charge in [-0.3, -0.25) is 9.69 Å². The van der Waals surface area contributed by atoms with Crippen molar-refractivity contribution in [2.24, 2.45) is 5.92 Å². The van der Waals surface area contributed by atoms with E-state index in [1.54, 1.807) is 11.3 Å². The first kappa shape index (κ1) is 16.5. The van der Waals surface area contributed by atoms with E-state index in [0.29, 0.717) is 17.3 Å². The molecule has 0 spiro atoms. The smallest absolute Gasteiger partial charge is 0.259 e. The Bertz CT molecular complexity index is 925. The molecule has 5 heteroatoms. The summed E-state index contributed by atoms with van der Waals surface area (Å²) >= 11 is 1.59. The lowest BCUT2D eigenvalue weighted by Crippen LogP contribution is -2.31. The molecule has 130 valence electrons. The summed E-state index contributed by atoms with van der Waals surface area (Å²) in [6, 6.07) is 12.8. The van der Waals surface area contributed by atoms with E-state index in [1.165, 1.54) is 12.8 Å². The molecular weight excluding hydrogens is 330 g/mol. The van der Waals surface area contributed by atoms with Gasteiger partial charge in [-0.1, -0.05) is 44.2 Å². The fraction of sp³-hybridized carbons (Fsp3) is 0.400. The van der Waals surface area contributed by atoms with Crippen molar-refractivity contribution >= 4 is 21.6 Å². The molecule has 0 bridgehead atoms. The maximum absolute atomic E-state index is 12.5. The molecule has 0 unspecified atom stereocenters. The van der Waals surface area contributed by atoms with E-state index in [1.807, 2.05) is 24.3 Å². The van der Waals surface area contributed by atoms with Crippen LogP contribution >= 0.6 is 11.3 Å². The van der Waals surface area contributed by atoms with E-state index >= 15 is 0 Å². The van der Waals surface area contributed by atoms with Crippen molar-refractivity contribution in [1.29, 1.82) is 0 Å². The van der Waals surface area contributed by atoms with Gasteiger partial charge in [-0.05, 0) is 30.4 Å². The van der Waals surface area contributed by atoms with E-state index in [4.69, 9.17) is 4.98 Å². The molecule has 4 nitrogen and oxygen atoms in total. The summed E-state index contributed by atoms with van der Waals surface area (Å²) in [5, 5.41) is 0.689. The van der Waals surface area contributed by atoms with Gasteiger partial charge >= 0.3 is 0 Å². The third kappa shape index (κ3) is 3.67. The van der Waals surface area contributed by atoms with Crippen LogP contribution in [0.4, 0.5) is 0 Å². The number of nitrogens with zero attached hydrogens (tertiary/aromatic N) is 2. The maximum atomic E-state index is 12.5. The van der Waals surface area contributed by atoms with Crippen LogP contribution in [0, 0.1) is 5.92 Å². The first-order valence-electron chi connectivity index (χ1n) is 8.92. The van der Waals surface area contributed by atoms with Crippen molar-refractivity contribution < 1.29 is 0 Å². The Kier molecular flexibility index (Phi) is 4.44. The molecule has 1 saturated carbocycles. The number of nitrogens with one attached hydrogen (secondary N) is 1. The molecule has 0 aliphatic heterocycles. The molecule has 0 amide bonds. The number of thiophene rings is 1. The van der Waals surface area contributed by atoms with Gasteiger partial charge in [0.1, 0.15) is 10.7 Å². The number of fused-ring (bicyclic) bond motifs is 1. The number of hydrogen-bond acceptors (Lipinski definition) is 4. The summed E-state index contributed by atoms with van der Waals surface area (Å²) in [5.41, 5.74) is 1.10. The lowest BCUT2D eigenvalue weighted by atomic mass is 10.2. The van der Waals surface area contributed by atoms with Crippen LogP contribution in [-0.2, 0) is 6.54 Å². The minimum absolute atomic E-state index is 0.0290. The second-order valence-corrected chi connectivity index (χ2v) is 8.29. The van der Waals surface area contributed by atoms with Gasteiger partial charge in [0.25, 0.3) is 5.56 Å². The highest BCUT2D eigenvalue weighted by atomic mass is 32.1. The van der Waals surface area contributed by atoms with Gasteiger partial charge in [-0.2, -0.15) is 0 Å². The van der Waals surface area contributed by atoms with Gasteiger partial charge in [0, 0.05) is 17.5 Å². The van der Waals surface area contributed by atoms with E-state index in [2.05, 4.69) is 35.9 Å². The van der Waals surface area contributed by atoms with Gasteiger partial charge in [-0.25, -0.2) is 4.98 Å². The van der Waals surface area contributed by atoms with Crippen LogP contribution in [0.1, 0.15) is 32.5 Å². The summed E-state index contributed by atoms with van der Waals surface area (Å²) in [5.74, 6) is 1.40. The van der Waals surface area contributed by atoms with E-state index < -0.39 is 0 Å². The Hall–Kier alpha value is -1.98. The minimum atomic E-state index is -0.0290. The van der Waals surface area contributed by atoms with E-state index in [9.17, 15) is 4.79 Å². The summed E-state index contributed by atoms with van der Waals surface area (Å²) < 4.78 is 0. The molecule has 1 aromatic carbocycles. The molecule has 1 aliphatic carbocycles. The van der Waals surface area contributed by atoms with Gasteiger partial charge in [-0.15, -0.1) is 11.3 Å². The average Bonchev–Trinajstić information content (AvgIpc) is 3.34. The minimum Gasteiger partial charge on any atom is -0.309 e. The molecule has 3 aromatic rings. The highest BCUT2D eigenvalue weighted by Gasteiger charge is 2.29. The molecule has 1 N–H and O–H groups in total. The topological polar surface area (TPSA) is 49.0 Å². The third-order valence-electron chi connectivity index (χ3n) is 4.53. The standard InChI is InChI=1S/C20H23N3OS/c1-13(2)11-23(15-8-9-15)12-18-21-19(24)16-10-17(25-20(16)22-18)14-6-4-3-5-7-14/h3-7,10,13,15H,8-9,11-12H2,1-2H3,(H,21,22,24). The Labute approximate surface area is 151 Å². The van der Waals surface area contributed by atoms with Crippen molar-refractivity contribution in [3.05, 3.63) is 52.6 Å². The number of aromatic nitrogens is 2. The lowest BCUT2D eigenvalue weighted by Gasteiger charge is -2.23. The molecule has 0 saturated heterocycles. The average molecular weight is 353 g/mol. The Morgan fingerprint density at radius 1 is 1.28 bits per heavy atom. The number of H-pyrrole nitrogens is 1. The van der Waals surface area contributed by atoms with Crippen molar-refractivity contribution in [2.75, 3.05) is 6.54 Å². The van der Waals surface area contributed by atoms with Crippen molar-refractivity contribution in [3.8, 4) is 10.4 Å². The third-order valence-corrected chi connectivity index (χ3v) is 5.60. The van der Waals surface area contributed by atoms with Crippen LogP contribution in [0.15, 0.2) is 41.2 Å². The molecule has 0 radical (unpaired) electrons. The van der Waals surface area contributed by atoms with Crippen molar-refractivity contribution in [3.63, 3.8) is 0 Å². The van der Waals surface area contributed by atoms with Crippen molar-refractivity contribution in [1.82, 2.24) is 14.9 Å². The van der Waals surface area contributed by atoms with Gasteiger partial charge in [0.05, 0.1) is 11.9 Å². The molecule has 2 heterocycles. The highest BCUT2D eigenvalue weighted by Crippen LogP contribution is 2.31. The summed E-state index contributed by atoms with van der Waals surface area (Å²) in [6.45, 7) is 6.25. The predicted molar refractivity (Wildman–Crippen MR) is 104 cm³/mol. The number of aromatic amines is 1. The predicted octanol–water partition coefficient (Wildman–Crippen LogP) is 4.27. The zero-order chi connectivity index (χ0) is 17.4. The Balaban J connectivity index is 1.66. The molecular formula is C20H23N3OS. The van der Waals surface area contributed by atoms with Crippen LogP contribution in [0.2, 0.25) is 0 Å². The second-order valence-electron chi connectivity index (χ2n) is 7.26. The van der Waals surface area contributed by atoms with Crippen molar-refractivity contribution in [2.45, 2.75) is 39.3 Å². The molecule has 0 atom stereocenters. The monoisotopic (exact) mass is 353 g/mol. The normalized spacial score (nSPS) is 14.7. The van der Waals surface area contributed by atoms with E-state index in [0.717, 1.165) is 34.2 Å². The number of hydrogen-bond donors (Lipinski definition) is 1. The lowest BCUT2D eigenvalue weighted by molar-refractivity contribution is 0.221.